The second kappa shape index (κ2) is 5.33. The highest BCUT2D eigenvalue weighted by Gasteiger charge is 2.44. The van der Waals surface area contributed by atoms with Gasteiger partial charge in [0.2, 0.25) is 0 Å². The van der Waals surface area contributed by atoms with E-state index in [0.717, 1.165) is 13.0 Å². The quantitative estimate of drug-likeness (QED) is 0.865. The molecule has 4 heteroatoms. The fourth-order valence-corrected chi connectivity index (χ4v) is 3.32. The number of nitrogens with one attached hydrogen (secondary N) is 1. The Labute approximate surface area is 108 Å². The van der Waals surface area contributed by atoms with Crippen LogP contribution in [0.2, 0.25) is 0 Å². The first-order valence-corrected chi connectivity index (χ1v) is 7.02. The first kappa shape index (κ1) is 12.1. The summed E-state index contributed by atoms with van der Waals surface area (Å²) in [6.07, 6.45) is 11.2. The standard InChI is InChI=1S/C14H21N3O/c1-2-5-17-14(10-7-15-9-16-8-10)12-6-11-3-4-13(12)18-11/h7-9,11-14,17H,2-6H2,1H3. The van der Waals surface area contributed by atoms with Crippen molar-refractivity contribution in [1.29, 1.82) is 0 Å². The monoisotopic (exact) mass is 247 g/mol. The molecule has 0 aromatic carbocycles. The molecule has 2 saturated heterocycles. The lowest BCUT2D eigenvalue weighted by Crippen LogP contribution is -2.34. The third-order valence-electron chi connectivity index (χ3n) is 4.14. The Morgan fingerprint density at radius 1 is 1.39 bits per heavy atom. The molecule has 0 spiro atoms. The van der Waals surface area contributed by atoms with Crippen molar-refractivity contribution in [2.45, 2.75) is 50.9 Å². The molecule has 98 valence electrons. The second-order valence-corrected chi connectivity index (χ2v) is 5.38. The lowest BCUT2D eigenvalue weighted by atomic mass is 9.81. The maximum Gasteiger partial charge on any atom is 0.115 e. The summed E-state index contributed by atoms with van der Waals surface area (Å²) in [5.74, 6) is 0.585. The van der Waals surface area contributed by atoms with Gasteiger partial charge in [-0.25, -0.2) is 9.97 Å². The van der Waals surface area contributed by atoms with Crippen LogP contribution < -0.4 is 5.32 Å². The minimum absolute atomic E-state index is 0.349. The molecular formula is C14H21N3O. The molecule has 2 aliphatic heterocycles. The normalized spacial score (nSPS) is 31.7. The topological polar surface area (TPSA) is 47.0 Å². The van der Waals surface area contributed by atoms with Gasteiger partial charge in [0, 0.05) is 29.9 Å². The zero-order chi connectivity index (χ0) is 12.4. The highest BCUT2D eigenvalue weighted by atomic mass is 16.5. The van der Waals surface area contributed by atoms with E-state index in [9.17, 15) is 0 Å². The molecule has 2 fully saturated rings. The molecule has 1 aromatic rings. The van der Waals surface area contributed by atoms with Crippen LogP contribution >= 0.6 is 0 Å². The highest BCUT2D eigenvalue weighted by Crippen LogP contribution is 2.44. The van der Waals surface area contributed by atoms with Crippen molar-refractivity contribution in [2.75, 3.05) is 6.54 Å². The van der Waals surface area contributed by atoms with Crippen molar-refractivity contribution in [3.63, 3.8) is 0 Å². The molecule has 0 radical (unpaired) electrons. The van der Waals surface area contributed by atoms with Crippen molar-refractivity contribution in [3.8, 4) is 0 Å². The Kier molecular flexibility index (Phi) is 3.57. The molecule has 2 aliphatic rings. The minimum Gasteiger partial charge on any atom is -0.375 e. The molecule has 4 nitrogen and oxygen atoms in total. The Morgan fingerprint density at radius 2 is 2.22 bits per heavy atom. The fourth-order valence-electron chi connectivity index (χ4n) is 3.32. The van der Waals surface area contributed by atoms with Gasteiger partial charge >= 0.3 is 0 Å². The molecule has 0 amide bonds. The molecule has 2 bridgehead atoms. The van der Waals surface area contributed by atoms with Crippen LogP contribution in [0.4, 0.5) is 0 Å². The van der Waals surface area contributed by atoms with Crippen LogP contribution in [-0.4, -0.2) is 28.7 Å². The summed E-state index contributed by atoms with van der Waals surface area (Å²) in [4.78, 5) is 8.31. The molecule has 1 aromatic heterocycles. The zero-order valence-corrected chi connectivity index (χ0v) is 10.9. The predicted octanol–water partition coefficient (Wildman–Crippen LogP) is 2.08. The van der Waals surface area contributed by atoms with Crippen molar-refractivity contribution < 1.29 is 4.74 Å². The van der Waals surface area contributed by atoms with Gasteiger partial charge in [-0.15, -0.1) is 0 Å². The van der Waals surface area contributed by atoms with E-state index in [1.54, 1.807) is 6.33 Å². The summed E-state index contributed by atoms with van der Waals surface area (Å²) < 4.78 is 5.99. The first-order chi connectivity index (χ1) is 8.88. The summed E-state index contributed by atoms with van der Waals surface area (Å²) in [5, 5.41) is 3.65. The Hall–Kier alpha value is -1.00. The highest BCUT2D eigenvalue weighted by molar-refractivity contribution is 5.13. The van der Waals surface area contributed by atoms with E-state index in [-0.39, 0.29) is 0 Å². The van der Waals surface area contributed by atoms with Crippen LogP contribution in [0, 0.1) is 5.92 Å². The van der Waals surface area contributed by atoms with Crippen LogP contribution in [0.25, 0.3) is 0 Å². The minimum atomic E-state index is 0.349. The summed E-state index contributed by atoms with van der Waals surface area (Å²) >= 11 is 0. The predicted molar refractivity (Wildman–Crippen MR) is 69.1 cm³/mol. The van der Waals surface area contributed by atoms with Gasteiger partial charge < -0.3 is 10.1 Å². The van der Waals surface area contributed by atoms with Crippen LogP contribution in [0.5, 0.6) is 0 Å². The Balaban J connectivity index is 1.77. The maximum absolute atomic E-state index is 5.99. The Bertz CT molecular complexity index is 384. The van der Waals surface area contributed by atoms with Crippen molar-refractivity contribution in [3.05, 3.63) is 24.3 Å². The number of hydrogen-bond acceptors (Lipinski definition) is 4. The summed E-state index contributed by atoms with van der Waals surface area (Å²) in [7, 11) is 0. The third-order valence-corrected chi connectivity index (χ3v) is 4.14. The van der Waals surface area contributed by atoms with E-state index in [4.69, 9.17) is 4.74 Å². The van der Waals surface area contributed by atoms with Gasteiger partial charge in [0.15, 0.2) is 0 Å². The summed E-state index contributed by atoms with van der Waals surface area (Å²) in [5.41, 5.74) is 1.20. The van der Waals surface area contributed by atoms with Gasteiger partial charge in [-0.3, -0.25) is 0 Å². The van der Waals surface area contributed by atoms with Crippen molar-refractivity contribution in [2.24, 2.45) is 5.92 Å². The average Bonchev–Trinajstić information content (AvgIpc) is 3.03. The van der Waals surface area contributed by atoms with Gasteiger partial charge in [0.1, 0.15) is 6.33 Å². The molecule has 18 heavy (non-hydrogen) atoms. The fraction of sp³-hybridized carbons (Fsp3) is 0.714. The SMILES string of the molecule is CCCNC(c1cncnc1)C1CC2CCC1O2. The van der Waals surface area contributed by atoms with E-state index in [1.165, 1.54) is 24.8 Å². The van der Waals surface area contributed by atoms with E-state index < -0.39 is 0 Å². The molecule has 1 N–H and O–H groups in total. The van der Waals surface area contributed by atoms with E-state index in [0.29, 0.717) is 24.2 Å². The van der Waals surface area contributed by atoms with Crippen LogP contribution in [0.1, 0.15) is 44.2 Å². The largest absolute Gasteiger partial charge is 0.375 e. The van der Waals surface area contributed by atoms with Crippen LogP contribution in [0.15, 0.2) is 18.7 Å². The molecule has 0 aliphatic carbocycles. The van der Waals surface area contributed by atoms with E-state index in [1.807, 2.05) is 12.4 Å². The van der Waals surface area contributed by atoms with Crippen LogP contribution in [0.3, 0.4) is 0 Å². The van der Waals surface area contributed by atoms with E-state index >= 15 is 0 Å². The van der Waals surface area contributed by atoms with Gasteiger partial charge in [-0.1, -0.05) is 6.92 Å². The number of fused-ring (bicyclic) bond motifs is 2. The maximum atomic E-state index is 5.99. The Morgan fingerprint density at radius 3 is 2.83 bits per heavy atom. The summed E-state index contributed by atoms with van der Waals surface area (Å²) in [6.45, 7) is 3.23. The number of rotatable bonds is 5. The van der Waals surface area contributed by atoms with Crippen LogP contribution in [-0.2, 0) is 4.74 Å². The lowest BCUT2D eigenvalue weighted by molar-refractivity contribution is 0.0856. The molecule has 4 unspecified atom stereocenters. The smallest absolute Gasteiger partial charge is 0.115 e. The number of ether oxygens (including phenoxy) is 1. The molecule has 4 atom stereocenters. The van der Waals surface area contributed by atoms with Gasteiger partial charge in [-0.05, 0) is 32.2 Å². The average molecular weight is 247 g/mol. The molecule has 3 rings (SSSR count). The van der Waals surface area contributed by atoms with Gasteiger partial charge in [-0.2, -0.15) is 0 Å². The number of nitrogens with zero attached hydrogens (tertiary/aromatic N) is 2. The lowest BCUT2D eigenvalue weighted by Gasteiger charge is -2.29. The first-order valence-electron chi connectivity index (χ1n) is 7.02. The van der Waals surface area contributed by atoms with Gasteiger partial charge in [0.25, 0.3) is 0 Å². The summed E-state index contributed by atoms with van der Waals surface area (Å²) in [6, 6.07) is 0.349. The molecular weight excluding hydrogens is 226 g/mol. The van der Waals surface area contributed by atoms with Crippen molar-refractivity contribution in [1.82, 2.24) is 15.3 Å². The second-order valence-electron chi connectivity index (χ2n) is 5.38. The van der Waals surface area contributed by atoms with E-state index in [2.05, 4.69) is 22.2 Å². The third kappa shape index (κ3) is 2.27. The molecule has 3 heterocycles. The zero-order valence-electron chi connectivity index (χ0n) is 10.9. The number of aromatic nitrogens is 2. The number of hydrogen-bond donors (Lipinski definition) is 1. The van der Waals surface area contributed by atoms with Gasteiger partial charge in [0.05, 0.1) is 12.2 Å². The molecule has 0 saturated carbocycles. The van der Waals surface area contributed by atoms with Crippen molar-refractivity contribution >= 4 is 0 Å².